The minimum absolute atomic E-state index is 0.345. The predicted octanol–water partition coefficient (Wildman–Crippen LogP) is 0.154. The Balaban J connectivity index is 2.78. The first-order chi connectivity index (χ1) is 8.05. The molecule has 0 aromatic carbocycles. The zero-order valence-corrected chi connectivity index (χ0v) is 11.6. The summed E-state index contributed by atoms with van der Waals surface area (Å²) in [6, 6.07) is -0.720. The zero-order chi connectivity index (χ0) is 14.1. The van der Waals surface area contributed by atoms with E-state index in [1.54, 1.807) is 13.8 Å². The van der Waals surface area contributed by atoms with Crippen molar-refractivity contribution in [2.45, 2.75) is 52.6 Å². The Morgan fingerprint density at radius 1 is 1.33 bits per heavy atom. The molecule has 1 fully saturated rings. The Bertz CT molecular complexity index is 352. The van der Waals surface area contributed by atoms with Gasteiger partial charge < -0.3 is 20.5 Å². The van der Waals surface area contributed by atoms with Crippen molar-refractivity contribution >= 4 is 11.8 Å². The molecule has 0 spiro atoms. The quantitative estimate of drug-likeness (QED) is 0.754. The highest BCUT2D eigenvalue weighted by molar-refractivity contribution is 5.88. The van der Waals surface area contributed by atoms with Crippen molar-refractivity contribution in [2.24, 2.45) is 11.1 Å². The molecule has 1 saturated heterocycles. The highest BCUT2D eigenvalue weighted by Gasteiger charge is 2.46. The van der Waals surface area contributed by atoms with Crippen molar-refractivity contribution in [3.8, 4) is 0 Å². The fraction of sp³-hybridized carbons (Fsp3) is 0.833. The molecule has 1 heterocycles. The van der Waals surface area contributed by atoms with Crippen LogP contribution in [0, 0.1) is 5.41 Å². The van der Waals surface area contributed by atoms with Gasteiger partial charge in [0.05, 0.1) is 6.61 Å². The van der Waals surface area contributed by atoms with Crippen LogP contribution in [0.2, 0.25) is 0 Å². The topological polar surface area (TPSA) is 90.7 Å². The van der Waals surface area contributed by atoms with Gasteiger partial charge in [-0.05, 0) is 20.8 Å². The fourth-order valence-electron chi connectivity index (χ4n) is 1.68. The van der Waals surface area contributed by atoms with Crippen molar-refractivity contribution in [3.63, 3.8) is 0 Å². The maximum Gasteiger partial charge on any atom is 0.250 e. The highest BCUT2D eigenvalue weighted by atomic mass is 16.7. The number of hydrogen-bond donors (Lipinski definition) is 2. The van der Waals surface area contributed by atoms with Gasteiger partial charge >= 0.3 is 0 Å². The Kier molecular flexibility index (Phi) is 4.02. The molecule has 0 aliphatic carbocycles. The number of hydrogen-bond acceptors (Lipinski definition) is 4. The first kappa shape index (κ1) is 14.9. The lowest BCUT2D eigenvalue weighted by Gasteiger charge is -2.44. The van der Waals surface area contributed by atoms with Crippen LogP contribution < -0.4 is 11.1 Å². The molecule has 0 bridgehead atoms. The normalized spacial score (nSPS) is 27.3. The molecule has 6 nitrogen and oxygen atoms in total. The maximum absolute atomic E-state index is 12.1. The summed E-state index contributed by atoms with van der Waals surface area (Å²) >= 11 is 0. The van der Waals surface area contributed by atoms with Gasteiger partial charge in [-0.2, -0.15) is 0 Å². The lowest BCUT2D eigenvalue weighted by Crippen LogP contribution is -2.58. The summed E-state index contributed by atoms with van der Waals surface area (Å²) in [6.45, 7) is 9.20. The summed E-state index contributed by atoms with van der Waals surface area (Å²) in [6.07, 6.45) is -0.678. The van der Waals surface area contributed by atoms with Gasteiger partial charge in [0, 0.05) is 5.41 Å². The van der Waals surface area contributed by atoms with Crippen LogP contribution in [0.3, 0.4) is 0 Å². The average molecular weight is 258 g/mol. The van der Waals surface area contributed by atoms with Crippen LogP contribution in [0.15, 0.2) is 0 Å². The molecule has 104 valence electrons. The van der Waals surface area contributed by atoms with Gasteiger partial charge in [-0.3, -0.25) is 9.59 Å². The molecule has 2 amide bonds. The second kappa shape index (κ2) is 4.85. The standard InChI is InChI=1S/C12H22N2O4/c1-7(9(13)15)14-10(16)8-11(2,3)6-17-12(4,5)18-8/h7-8H,6H2,1-5H3,(H2,13,15)(H,14,16)/t7?,8-/m1/s1. The van der Waals surface area contributed by atoms with Gasteiger partial charge in [-0.15, -0.1) is 0 Å². The van der Waals surface area contributed by atoms with E-state index in [1.807, 2.05) is 13.8 Å². The number of ether oxygens (including phenoxy) is 2. The van der Waals surface area contributed by atoms with Crippen LogP contribution in [0.25, 0.3) is 0 Å². The molecule has 2 atom stereocenters. The van der Waals surface area contributed by atoms with E-state index in [-0.39, 0.29) is 5.91 Å². The summed E-state index contributed by atoms with van der Waals surface area (Å²) in [4.78, 5) is 23.1. The number of carbonyl (C=O) groups excluding carboxylic acids is 2. The number of nitrogens with two attached hydrogens (primary N) is 1. The van der Waals surface area contributed by atoms with E-state index in [9.17, 15) is 9.59 Å². The van der Waals surface area contributed by atoms with E-state index in [0.717, 1.165) is 0 Å². The van der Waals surface area contributed by atoms with Crippen molar-refractivity contribution in [3.05, 3.63) is 0 Å². The van der Waals surface area contributed by atoms with Crippen molar-refractivity contribution in [1.29, 1.82) is 0 Å². The zero-order valence-electron chi connectivity index (χ0n) is 11.6. The summed E-state index contributed by atoms with van der Waals surface area (Å²) in [7, 11) is 0. The number of rotatable bonds is 3. The molecule has 18 heavy (non-hydrogen) atoms. The van der Waals surface area contributed by atoms with Gasteiger partial charge in [0.1, 0.15) is 12.1 Å². The first-order valence-electron chi connectivity index (χ1n) is 5.97. The molecule has 3 N–H and O–H groups in total. The minimum atomic E-state index is -0.812. The molecule has 1 aliphatic rings. The van der Waals surface area contributed by atoms with Gasteiger partial charge in [0.15, 0.2) is 5.79 Å². The van der Waals surface area contributed by atoms with Crippen LogP contribution in [0.4, 0.5) is 0 Å². The molecule has 1 rings (SSSR count). The maximum atomic E-state index is 12.1. The smallest absolute Gasteiger partial charge is 0.250 e. The third kappa shape index (κ3) is 3.43. The van der Waals surface area contributed by atoms with E-state index >= 15 is 0 Å². The largest absolute Gasteiger partial charge is 0.368 e. The predicted molar refractivity (Wildman–Crippen MR) is 65.5 cm³/mol. The number of carbonyl (C=O) groups is 2. The highest BCUT2D eigenvalue weighted by Crippen LogP contribution is 2.34. The minimum Gasteiger partial charge on any atom is -0.368 e. The van der Waals surface area contributed by atoms with Crippen LogP contribution in [0.5, 0.6) is 0 Å². The number of primary amides is 1. The molecule has 0 aromatic heterocycles. The second-order valence-corrected chi connectivity index (χ2v) is 5.81. The Morgan fingerprint density at radius 3 is 2.39 bits per heavy atom. The molecule has 0 aromatic rings. The van der Waals surface area contributed by atoms with Gasteiger partial charge in [0.2, 0.25) is 5.91 Å². The Hall–Kier alpha value is -1.14. The van der Waals surface area contributed by atoms with Crippen LogP contribution in [-0.4, -0.2) is 36.4 Å². The van der Waals surface area contributed by atoms with E-state index in [1.165, 1.54) is 6.92 Å². The molecule has 0 radical (unpaired) electrons. The fourth-order valence-corrected chi connectivity index (χ4v) is 1.68. The second-order valence-electron chi connectivity index (χ2n) is 5.81. The number of amides is 2. The summed E-state index contributed by atoms with van der Waals surface area (Å²) in [5, 5.41) is 2.55. The molecular weight excluding hydrogens is 236 g/mol. The van der Waals surface area contributed by atoms with E-state index < -0.39 is 29.3 Å². The Labute approximate surface area is 107 Å². The molecule has 1 aliphatic heterocycles. The summed E-state index contributed by atoms with van der Waals surface area (Å²) in [5.74, 6) is -1.73. The third-order valence-electron chi connectivity index (χ3n) is 2.93. The van der Waals surface area contributed by atoms with Gasteiger partial charge in [-0.25, -0.2) is 0 Å². The third-order valence-corrected chi connectivity index (χ3v) is 2.93. The van der Waals surface area contributed by atoms with Gasteiger partial charge in [0.25, 0.3) is 5.91 Å². The Morgan fingerprint density at radius 2 is 1.89 bits per heavy atom. The summed E-state index contributed by atoms with van der Waals surface area (Å²) in [5.41, 5.74) is 4.65. The van der Waals surface area contributed by atoms with Crippen LogP contribution >= 0.6 is 0 Å². The first-order valence-corrected chi connectivity index (χ1v) is 5.97. The van der Waals surface area contributed by atoms with E-state index in [0.29, 0.717) is 6.61 Å². The van der Waals surface area contributed by atoms with Crippen molar-refractivity contribution in [2.75, 3.05) is 6.61 Å². The monoisotopic (exact) mass is 258 g/mol. The van der Waals surface area contributed by atoms with Crippen molar-refractivity contribution < 1.29 is 19.1 Å². The molecular formula is C12H22N2O4. The van der Waals surface area contributed by atoms with Crippen LogP contribution in [-0.2, 0) is 19.1 Å². The average Bonchev–Trinajstić information content (AvgIpc) is 2.22. The van der Waals surface area contributed by atoms with E-state index in [2.05, 4.69) is 5.32 Å². The summed E-state index contributed by atoms with van der Waals surface area (Å²) < 4.78 is 11.2. The SMILES string of the molecule is CC(NC(=O)[C@H]1OC(C)(C)OCC1(C)C)C(N)=O. The molecule has 6 heteroatoms. The van der Waals surface area contributed by atoms with Crippen LogP contribution in [0.1, 0.15) is 34.6 Å². The van der Waals surface area contributed by atoms with E-state index in [4.69, 9.17) is 15.2 Å². The number of nitrogens with one attached hydrogen (secondary N) is 1. The van der Waals surface area contributed by atoms with Crippen molar-refractivity contribution in [1.82, 2.24) is 5.32 Å². The lowest BCUT2D eigenvalue weighted by atomic mass is 9.85. The van der Waals surface area contributed by atoms with Gasteiger partial charge in [-0.1, -0.05) is 13.8 Å². The molecule has 1 unspecified atom stereocenters. The lowest BCUT2D eigenvalue weighted by molar-refractivity contribution is -0.304. The molecule has 0 saturated carbocycles.